The fourth-order valence-electron chi connectivity index (χ4n) is 3.29. The number of carbonyl (C=O) groups excluding carboxylic acids is 1. The van der Waals surface area contributed by atoms with Crippen LogP contribution in [0.2, 0.25) is 0 Å². The average Bonchev–Trinajstić information content (AvgIpc) is 3.07. The first-order chi connectivity index (χ1) is 10.8. The SMILES string of the molecule is CN=C(NCC1CCN(C)C1)N1CCC(C(=O)OC(C)(C)C)C1. The maximum Gasteiger partial charge on any atom is 0.311 e. The van der Waals surface area contributed by atoms with E-state index in [0.29, 0.717) is 12.5 Å². The first-order valence-electron chi connectivity index (χ1n) is 8.65. The Morgan fingerprint density at radius 3 is 2.57 bits per heavy atom. The third-order valence-corrected chi connectivity index (χ3v) is 4.48. The molecule has 0 amide bonds. The second kappa shape index (κ2) is 7.51. The summed E-state index contributed by atoms with van der Waals surface area (Å²) in [6.07, 6.45) is 2.07. The Hall–Kier alpha value is -1.30. The Bertz CT molecular complexity index is 444. The van der Waals surface area contributed by atoms with E-state index in [9.17, 15) is 4.79 Å². The lowest BCUT2D eigenvalue weighted by Gasteiger charge is -2.24. The highest BCUT2D eigenvalue weighted by atomic mass is 16.6. The molecule has 0 saturated carbocycles. The molecule has 2 aliphatic rings. The van der Waals surface area contributed by atoms with Gasteiger partial charge in [-0.3, -0.25) is 9.79 Å². The van der Waals surface area contributed by atoms with Crippen LogP contribution < -0.4 is 5.32 Å². The standard InChI is InChI=1S/C17H32N4O2/c1-17(2,3)23-15(22)14-7-9-21(12-14)16(18-4)19-10-13-6-8-20(5)11-13/h13-14H,6-12H2,1-5H3,(H,18,19). The molecule has 0 aliphatic carbocycles. The molecule has 2 saturated heterocycles. The Kier molecular flexibility index (Phi) is 5.89. The summed E-state index contributed by atoms with van der Waals surface area (Å²) in [5.41, 5.74) is -0.418. The predicted molar refractivity (Wildman–Crippen MR) is 92.5 cm³/mol. The van der Waals surface area contributed by atoms with E-state index in [2.05, 4.69) is 27.2 Å². The van der Waals surface area contributed by atoms with Gasteiger partial charge >= 0.3 is 5.97 Å². The van der Waals surface area contributed by atoms with Crippen molar-refractivity contribution in [1.82, 2.24) is 15.1 Å². The lowest BCUT2D eigenvalue weighted by atomic mass is 10.1. The van der Waals surface area contributed by atoms with Crippen LogP contribution >= 0.6 is 0 Å². The molecule has 0 bridgehead atoms. The molecule has 0 aromatic carbocycles. The average molecular weight is 324 g/mol. The molecular formula is C17H32N4O2. The number of ether oxygens (including phenoxy) is 1. The van der Waals surface area contributed by atoms with E-state index in [-0.39, 0.29) is 11.9 Å². The van der Waals surface area contributed by atoms with Gasteiger partial charge in [0, 0.05) is 33.2 Å². The van der Waals surface area contributed by atoms with Gasteiger partial charge in [-0.05, 0) is 53.1 Å². The lowest BCUT2D eigenvalue weighted by Crippen LogP contribution is -2.43. The summed E-state index contributed by atoms with van der Waals surface area (Å²) in [4.78, 5) is 21.1. The second-order valence-corrected chi connectivity index (χ2v) is 7.81. The molecule has 2 aliphatic heterocycles. The van der Waals surface area contributed by atoms with Crippen LogP contribution in [0.15, 0.2) is 4.99 Å². The van der Waals surface area contributed by atoms with E-state index in [1.807, 2.05) is 27.8 Å². The Morgan fingerprint density at radius 2 is 2.00 bits per heavy atom. The molecular weight excluding hydrogens is 292 g/mol. The van der Waals surface area contributed by atoms with Crippen molar-refractivity contribution >= 4 is 11.9 Å². The van der Waals surface area contributed by atoms with Crippen molar-refractivity contribution in [3.05, 3.63) is 0 Å². The number of aliphatic imine (C=N–C) groups is 1. The molecule has 2 rings (SSSR count). The molecule has 0 aromatic rings. The third-order valence-electron chi connectivity index (χ3n) is 4.48. The summed E-state index contributed by atoms with van der Waals surface area (Å²) in [6.45, 7) is 10.6. The monoisotopic (exact) mass is 324 g/mol. The van der Waals surface area contributed by atoms with Gasteiger partial charge in [-0.1, -0.05) is 0 Å². The van der Waals surface area contributed by atoms with E-state index < -0.39 is 5.60 Å². The Morgan fingerprint density at radius 1 is 1.26 bits per heavy atom. The van der Waals surface area contributed by atoms with Crippen molar-refractivity contribution in [2.75, 3.05) is 46.8 Å². The lowest BCUT2D eigenvalue weighted by molar-refractivity contribution is -0.159. The number of hydrogen-bond acceptors (Lipinski definition) is 4. The number of carbonyl (C=O) groups is 1. The first kappa shape index (κ1) is 18.0. The van der Waals surface area contributed by atoms with Crippen LogP contribution in [0.1, 0.15) is 33.6 Å². The van der Waals surface area contributed by atoms with Crippen LogP contribution in [0.25, 0.3) is 0 Å². The molecule has 6 heteroatoms. The number of nitrogens with zero attached hydrogens (tertiary/aromatic N) is 3. The van der Waals surface area contributed by atoms with E-state index in [4.69, 9.17) is 4.74 Å². The zero-order chi connectivity index (χ0) is 17.0. The summed E-state index contributed by atoms with van der Waals surface area (Å²) in [6, 6.07) is 0. The van der Waals surface area contributed by atoms with Crippen molar-refractivity contribution in [2.45, 2.75) is 39.2 Å². The minimum Gasteiger partial charge on any atom is -0.460 e. The molecule has 1 N–H and O–H groups in total. The molecule has 2 unspecified atom stereocenters. The van der Waals surface area contributed by atoms with Gasteiger partial charge in [0.2, 0.25) is 0 Å². The molecule has 132 valence electrons. The van der Waals surface area contributed by atoms with E-state index in [1.165, 1.54) is 13.0 Å². The largest absolute Gasteiger partial charge is 0.460 e. The maximum atomic E-state index is 12.2. The third kappa shape index (κ3) is 5.37. The topological polar surface area (TPSA) is 57.2 Å². The van der Waals surface area contributed by atoms with Gasteiger partial charge in [-0.15, -0.1) is 0 Å². The van der Waals surface area contributed by atoms with Crippen molar-refractivity contribution in [1.29, 1.82) is 0 Å². The van der Waals surface area contributed by atoms with Gasteiger partial charge in [0.1, 0.15) is 5.60 Å². The Labute approximate surface area is 140 Å². The summed E-state index contributed by atoms with van der Waals surface area (Å²) in [7, 11) is 3.98. The minimum absolute atomic E-state index is 0.0506. The molecule has 0 radical (unpaired) electrons. The summed E-state index contributed by atoms with van der Waals surface area (Å²) in [5.74, 6) is 1.45. The van der Waals surface area contributed by atoms with Crippen molar-refractivity contribution in [2.24, 2.45) is 16.8 Å². The zero-order valence-corrected chi connectivity index (χ0v) is 15.3. The van der Waals surface area contributed by atoms with E-state index in [0.717, 1.165) is 32.0 Å². The van der Waals surface area contributed by atoms with Gasteiger partial charge in [0.25, 0.3) is 0 Å². The molecule has 23 heavy (non-hydrogen) atoms. The van der Waals surface area contributed by atoms with Gasteiger partial charge in [0.15, 0.2) is 5.96 Å². The van der Waals surface area contributed by atoms with Gasteiger partial charge in [-0.2, -0.15) is 0 Å². The van der Waals surface area contributed by atoms with Crippen LogP contribution in [0.5, 0.6) is 0 Å². The van der Waals surface area contributed by atoms with Crippen LogP contribution in [-0.2, 0) is 9.53 Å². The van der Waals surface area contributed by atoms with Gasteiger partial charge < -0.3 is 19.9 Å². The van der Waals surface area contributed by atoms with Crippen molar-refractivity contribution in [3.63, 3.8) is 0 Å². The van der Waals surface area contributed by atoms with Crippen molar-refractivity contribution in [3.8, 4) is 0 Å². The summed E-state index contributed by atoms with van der Waals surface area (Å²) < 4.78 is 5.51. The number of nitrogens with one attached hydrogen (secondary N) is 1. The van der Waals surface area contributed by atoms with Gasteiger partial charge in [0.05, 0.1) is 5.92 Å². The summed E-state index contributed by atoms with van der Waals surface area (Å²) in [5, 5.41) is 3.48. The smallest absolute Gasteiger partial charge is 0.311 e. The van der Waals surface area contributed by atoms with Gasteiger partial charge in [-0.25, -0.2) is 0 Å². The first-order valence-corrected chi connectivity index (χ1v) is 8.65. The molecule has 6 nitrogen and oxygen atoms in total. The molecule has 2 atom stereocenters. The fraction of sp³-hybridized carbons (Fsp3) is 0.882. The fourth-order valence-corrected chi connectivity index (χ4v) is 3.29. The molecule has 0 spiro atoms. The zero-order valence-electron chi connectivity index (χ0n) is 15.3. The maximum absolute atomic E-state index is 12.2. The van der Waals surface area contributed by atoms with E-state index in [1.54, 1.807) is 0 Å². The second-order valence-electron chi connectivity index (χ2n) is 7.81. The predicted octanol–water partition coefficient (Wildman–Crippen LogP) is 1.18. The molecule has 0 aromatic heterocycles. The van der Waals surface area contributed by atoms with Crippen LogP contribution in [0.4, 0.5) is 0 Å². The highest BCUT2D eigenvalue weighted by molar-refractivity contribution is 5.82. The minimum atomic E-state index is -0.418. The highest BCUT2D eigenvalue weighted by Crippen LogP contribution is 2.21. The quantitative estimate of drug-likeness (QED) is 0.480. The highest BCUT2D eigenvalue weighted by Gasteiger charge is 2.33. The van der Waals surface area contributed by atoms with Crippen molar-refractivity contribution < 1.29 is 9.53 Å². The Balaban J connectivity index is 1.80. The normalized spacial score (nSPS) is 26.7. The number of rotatable bonds is 3. The van der Waals surface area contributed by atoms with E-state index >= 15 is 0 Å². The molecule has 2 heterocycles. The summed E-state index contributed by atoms with van der Waals surface area (Å²) >= 11 is 0. The van der Waals surface area contributed by atoms with Crippen LogP contribution in [-0.4, -0.2) is 74.1 Å². The molecule has 2 fully saturated rings. The number of likely N-dealkylation sites (tertiary alicyclic amines) is 2. The number of esters is 1. The van der Waals surface area contributed by atoms with Crippen LogP contribution in [0, 0.1) is 11.8 Å². The number of hydrogen-bond donors (Lipinski definition) is 1. The van der Waals surface area contributed by atoms with Crippen LogP contribution in [0.3, 0.4) is 0 Å². The number of guanidine groups is 1.